The van der Waals surface area contributed by atoms with Gasteiger partial charge in [0.05, 0.1) is 13.7 Å². The molecular formula is C22H28ClN3O4S. The van der Waals surface area contributed by atoms with Crippen molar-refractivity contribution in [2.45, 2.75) is 18.7 Å². The Labute approximate surface area is 189 Å². The summed E-state index contributed by atoms with van der Waals surface area (Å²) >= 11 is 6.08. The number of anilines is 1. The molecule has 31 heavy (non-hydrogen) atoms. The first-order valence-corrected chi connectivity index (χ1v) is 12.0. The van der Waals surface area contributed by atoms with Gasteiger partial charge in [0.2, 0.25) is 15.9 Å². The fourth-order valence-corrected chi connectivity index (χ4v) is 5.45. The summed E-state index contributed by atoms with van der Waals surface area (Å²) in [7, 11) is -2.44. The van der Waals surface area contributed by atoms with Crippen molar-refractivity contribution in [3.63, 3.8) is 0 Å². The third kappa shape index (κ3) is 5.31. The molecule has 1 amide bonds. The molecule has 0 spiro atoms. The van der Waals surface area contributed by atoms with Gasteiger partial charge in [-0.3, -0.25) is 4.79 Å². The van der Waals surface area contributed by atoms with Gasteiger partial charge in [-0.15, -0.1) is 0 Å². The molecule has 1 fully saturated rings. The number of benzene rings is 2. The molecule has 2 aromatic carbocycles. The third-order valence-electron chi connectivity index (χ3n) is 5.41. The minimum absolute atomic E-state index is 0.0791. The Kier molecular flexibility index (Phi) is 7.46. The Morgan fingerprint density at radius 3 is 2.45 bits per heavy atom. The van der Waals surface area contributed by atoms with E-state index in [9.17, 15) is 13.2 Å². The number of likely N-dealkylation sites (N-methyl/N-ethyl adjacent to an activating group) is 1. The van der Waals surface area contributed by atoms with E-state index in [4.69, 9.17) is 16.3 Å². The van der Waals surface area contributed by atoms with Crippen molar-refractivity contribution in [3.05, 3.63) is 53.1 Å². The van der Waals surface area contributed by atoms with Crippen LogP contribution in [-0.2, 0) is 14.8 Å². The number of carbonyl (C=O) groups is 1. The van der Waals surface area contributed by atoms with E-state index in [0.717, 1.165) is 11.3 Å². The number of carbonyl (C=O) groups excluding carboxylic acids is 1. The van der Waals surface area contributed by atoms with E-state index in [1.54, 1.807) is 30.0 Å². The third-order valence-corrected chi connectivity index (χ3v) is 7.58. The van der Waals surface area contributed by atoms with Crippen LogP contribution in [0, 0.1) is 6.92 Å². The topological polar surface area (TPSA) is 70.2 Å². The Morgan fingerprint density at radius 1 is 1.13 bits per heavy atom. The second-order valence-electron chi connectivity index (χ2n) is 7.43. The van der Waals surface area contributed by atoms with Crippen molar-refractivity contribution in [3.8, 4) is 5.75 Å². The van der Waals surface area contributed by atoms with Crippen LogP contribution < -0.4 is 9.64 Å². The molecule has 168 valence electrons. The molecule has 1 heterocycles. The van der Waals surface area contributed by atoms with E-state index >= 15 is 0 Å². The molecule has 0 saturated carbocycles. The molecule has 0 atom stereocenters. The zero-order valence-corrected chi connectivity index (χ0v) is 19.6. The zero-order chi connectivity index (χ0) is 22.6. The monoisotopic (exact) mass is 465 g/mol. The fraction of sp³-hybridized carbons (Fsp3) is 0.409. The van der Waals surface area contributed by atoms with Crippen LogP contribution in [0.5, 0.6) is 5.75 Å². The lowest BCUT2D eigenvalue weighted by Crippen LogP contribution is -2.51. The van der Waals surface area contributed by atoms with Gasteiger partial charge in [0.25, 0.3) is 0 Å². The summed E-state index contributed by atoms with van der Waals surface area (Å²) in [5.74, 6) is 0.0643. The summed E-state index contributed by atoms with van der Waals surface area (Å²) in [6.45, 7) is 5.91. The number of hydrogen-bond donors (Lipinski definition) is 0. The molecule has 1 saturated heterocycles. The molecule has 0 bridgehead atoms. The minimum Gasteiger partial charge on any atom is -0.495 e. The van der Waals surface area contributed by atoms with Gasteiger partial charge in [-0.2, -0.15) is 4.31 Å². The molecule has 0 aliphatic carbocycles. The first-order valence-electron chi connectivity index (χ1n) is 10.2. The molecule has 2 aromatic rings. The molecule has 1 aliphatic rings. The first kappa shape index (κ1) is 23.4. The maximum Gasteiger partial charge on any atom is 0.247 e. The lowest BCUT2D eigenvalue weighted by atomic mass is 10.2. The van der Waals surface area contributed by atoms with Crippen molar-refractivity contribution in [1.82, 2.24) is 9.21 Å². The number of methoxy groups -OCH3 is 1. The van der Waals surface area contributed by atoms with Gasteiger partial charge in [-0.25, -0.2) is 8.42 Å². The highest BCUT2D eigenvalue weighted by Crippen LogP contribution is 2.28. The SMILES string of the molecule is CCN(CC(=O)N1CCN(c2cccc(Cl)c2)CC1)S(=O)(=O)c1cc(C)ccc1OC. The molecule has 7 nitrogen and oxygen atoms in total. The summed E-state index contributed by atoms with van der Waals surface area (Å²) < 4.78 is 32.9. The molecule has 0 unspecified atom stereocenters. The number of ether oxygens (including phenoxy) is 1. The second-order valence-corrected chi connectivity index (χ2v) is 9.78. The highest BCUT2D eigenvalue weighted by Gasteiger charge is 2.31. The average molecular weight is 466 g/mol. The summed E-state index contributed by atoms with van der Waals surface area (Å²) in [6.07, 6.45) is 0. The van der Waals surface area contributed by atoms with Crippen LogP contribution in [0.25, 0.3) is 0 Å². The number of sulfonamides is 1. The number of aryl methyl sites for hydroxylation is 1. The number of piperazine rings is 1. The lowest BCUT2D eigenvalue weighted by molar-refractivity contribution is -0.131. The largest absolute Gasteiger partial charge is 0.495 e. The van der Waals surface area contributed by atoms with Gasteiger partial charge < -0.3 is 14.5 Å². The molecular weight excluding hydrogens is 438 g/mol. The van der Waals surface area contributed by atoms with Crippen LogP contribution in [0.1, 0.15) is 12.5 Å². The quantitative estimate of drug-likeness (QED) is 0.628. The average Bonchev–Trinajstić information content (AvgIpc) is 2.77. The van der Waals surface area contributed by atoms with E-state index in [1.807, 2.05) is 31.2 Å². The summed E-state index contributed by atoms with van der Waals surface area (Å²) in [5, 5.41) is 0.673. The van der Waals surface area contributed by atoms with Gasteiger partial charge in [0.1, 0.15) is 10.6 Å². The van der Waals surface area contributed by atoms with E-state index in [1.165, 1.54) is 11.4 Å². The zero-order valence-electron chi connectivity index (χ0n) is 18.0. The van der Waals surface area contributed by atoms with Gasteiger partial charge in [-0.1, -0.05) is 30.7 Å². The minimum atomic E-state index is -3.87. The van der Waals surface area contributed by atoms with Crippen molar-refractivity contribution < 1.29 is 17.9 Å². The summed E-state index contributed by atoms with van der Waals surface area (Å²) in [4.78, 5) is 16.9. The van der Waals surface area contributed by atoms with Crippen LogP contribution in [0.3, 0.4) is 0 Å². The highest BCUT2D eigenvalue weighted by atomic mass is 35.5. The van der Waals surface area contributed by atoms with Crippen LogP contribution in [0.4, 0.5) is 5.69 Å². The Balaban J connectivity index is 1.68. The summed E-state index contributed by atoms with van der Waals surface area (Å²) in [6, 6.07) is 12.6. The van der Waals surface area contributed by atoms with Crippen molar-refractivity contribution in [2.75, 3.05) is 51.3 Å². The predicted octanol–water partition coefficient (Wildman–Crippen LogP) is 3.02. The highest BCUT2D eigenvalue weighted by molar-refractivity contribution is 7.89. The van der Waals surface area contributed by atoms with Crippen LogP contribution >= 0.6 is 11.6 Å². The number of halogens is 1. The van der Waals surface area contributed by atoms with Crippen molar-refractivity contribution >= 4 is 33.2 Å². The maximum absolute atomic E-state index is 13.2. The Hall–Kier alpha value is -2.29. The molecule has 0 radical (unpaired) electrons. The van der Waals surface area contributed by atoms with Crippen molar-refractivity contribution in [2.24, 2.45) is 0 Å². The molecule has 3 rings (SSSR count). The fourth-order valence-electron chi connectivity index (χ4n) is 3.63. The number of nitrogens with zero attached hydrogens (tertiary/aromatic N) is 3. The van der Waals surface area contributed by atoms with Gasteiger partial charge in [-0.05, 0) is 42.8 Å². The predicted molar refractivity (Wildman–Crippen MR) is 122 cm³/mol. The van der Waals surface area contributed by atoms with E-state index in [-0.39, 0.29) is 29.6 Å². The van der Waals surface area contributed by atoms with E-state index in [0.29, 0.717) is 31.2 Å². The standard InChI is InChI=1S/C22H28ClN3O4S/c1-4-26(31(28,29)21-14-17(2)8-9-20(21)30-3)16-22(27)25-12-10-24(11-13-25)19-7-5-6-18(23)15-19/h5-9,14-15H,4,10-13,16H2,1-3H3. The number of hydrogen-bond acceptors (Lipinski definition) is 5. The Morgan fingerprint density at radius 2 is 1.84 bits per heavy atom. The number of rotatable bonds is 7. The van der Waals surface area contributed by atoms with E-state index < -0.39 is 10.0 Å². The first-order chi connectivity index (χ1) is 14.8. The molecule has 9 heteroatoms. The normalized spacial score (nSPS) is 14.7. The maximum atomic E-state index is 13.2. The summed E-state index contributed by atoms with van der Waals surface area (Å²) in [5.41, 5.74) is 1.82. The molecule has 0 aromatic heterocycles. The van der Waals surface area contributed by atoms with Gasteiger partial charge in [0, 0.05) is 43.4 Å². The van der Waals surface area contributed by atoms with Crippen molar-refractivity contribution in [1.29, 1.82) is 0 Å². The van der Waals surface area contributed by atoms with Gasteiger partial charge in [0.15, 0.2) is 0 Å². The second kappa shape index (κ2) is 9.89. The van der Waals surface area contributed by atoms with Crippen LogP contribution in [0.2, 0.25) is 5.02 Å². The number of amides is 1. The Bertz CT molecular complexity index is 1040. The van der Waals surface area contributed by atoms with Crippen LogP contribution in [-0.4, -0.2) is 69.9 Å². The van der Waals surface area contributed by atoms with Crippen LogP contribution in [0.15, 0.2) is 47.4 Å². The molecule has 1 aliphatic heterocycles. The van der Waals surface area contributed by atoms with Gasteiger partial charge >= 0.3 is 0 Å². The smallest absolute Gasteiger partial charge is 0.247 e. The lowest BCUT2D eigenvalue weighted by Gasteiger charge is -2.37. The van der Waals surface area contributed by atoms with E-state index in [2.05, 4.69) is 4.90 Å². The molecule has 0 N–H and O–H groups in total.